The molecule has 0 unspecified atom stereocenters. The zero-order valence-electron chi connectivity index (χ0n) is 14.4. The summed E-state index contributed by atoms with van der Waals surface area (Å²) in [5, 5.41) is 11.8. The number of carbonyl (C=O) groups excluding carboxylic acids is 1. The van der Waals surface area contributed by atoms with Crippen LogP contribution in [0, 0.1) is 0 Å². The summed E-state index contributed by atoms with van der Waals surface area (Å²) in [6.07, 6.45) is -0.387. The molecular formula is C19H16F4N2O3. The number of ether oxygens (including phenoxy) is 1. The van der Waals surface area contributed by atoms with E-state index in [9.17, 15) is 23.1 Å². The largest absolute Gasteiger partial charge is 0.508 e. The number of phenols is 1. The van der Waals surface area contributed by atoms with Crippen molar-refractivity contribution >= 4 is 17.8 Å². The number of para-hydroxylation sites is 1. The molecule has 0 radical (unpaired) electrons. The molecule has 2 rings (SSSR count). The molecule has 0 spiro atoms. The second kappa shape index (κ2) is 9.45. The number of amides is 1. The Morgan fingerprint density at radius 3 is 2.46 bits per heavy atom. The van der Waals surface area contributed by atoms with E-state index in [-0.39, 0.29) is 33.6 Å². The van der Waals surface area contributed by atoms with Gasteiger partial charge in [-0.3, -0.25) is 4.79 Å². The number of halogens is 4. The average molecular weight is 396 g/mol. The van der Waals surface area contributed by atoms with E-state index in [0.29, 0.717) is 6.41 Å². The van der Waals surface area contributed by atoms with Gasteiger partial charge in [0, 0.05) is 11.8 Å². The average Bonchev–Trinajstić information content (AvgIpc) is 2.66. The van der Waals surface area contributed by atoms with E-state index < -0.39 is 12.8 Å². The minimum absolute atomic E-state index is 0.0198. The van der Waals surface area contributed by atoms with Gasteiger partial charge in [0.1, 0.15) is 11.5 Å². The third kappa shape index (κ3) is 6.04. The van der Waals surface area contributed by atoms with Crippen molar-refractivity contribution in [3.63, 3.8) is 0 Å². The fraction of sp³-hybridized carbons (Fsp3) is 0.105. The number of alkyl halides is 3. The molecule has 2 N–H and O–H groups in total. The molecule has 2 aromatic rings. The van der Waals surface area contributed by atoms with Gasteiger partial charge in [0.15, 0.2) is 6.61 Å². The molecule has 0 bridgehead atoms. The second-order valence-corrected chi connectivity index (χ2v) is 5.39. The van der Waals surface area contributed by atoms with Crippen LogP contribution in [-0.4, -0.2) is 24.3 Å². The lowest BCUT2D eigenvalue weighted by atomic mass is 10.1. The molecule has 0 saturated heterocycles. The highest BCUT2D eigenvalue weighted by molar-refractivity contribution is 5.81. The van der Waals surface area contributed by atoms with Gasteiger partial charge in [-0.1, -0.05) is 16.6 Å². The van der Waals surface area contributed by atoms with Gasteiger partial charge in [-0.2, -0.15) is 18.3 Å². The first-order chi connectivity index (χ1) is 13.3. The summed E-state index contributed by atoms with van der Waals surface area (Å²) >= 11 is 0. The van der Waals surface area contributed by atoms with E-state index in [1.165, 1.54) is 66.9 Å². The molecule has 0 heterocycles. The third-order valence-corrected chi connectivity index (χ3v) is 3.36. The number of phenolic OH excluding ortho intramolecular Hbond substituents is 1. The van der Waals surface area contributed by atoms with Crippen LogP contribution >= 0.6 is 0 Å². The monoisotopic (exact) mass is 396 g/mol. The normalized spacial score (nSPS) is 12.1. The Hall–Kier alpha value is -3.49. The highest BCUT2D eigenvalue weighted by Gasteiger charge is 2.29. The van der Waals surface area contributed by atoms with Crippen molar-refractivity contribution in [3.05, 3.63) is 72.4 Å². The number of nitrogens with zero attached hydrogens (tertiary/aromatic N) is 1. The van der Waals surface area contributed by atoms with Gasteiger partial charge in [-0.25, -0.2) is 0 Å². The van der Waals surface area contributed by atoms with Crippen LogP contribution in [0.5, 0.6) is 11.5 Å². The molecule has 0 aliphatic heterocycles. The summed E-state index contributed by atoms with van der Waals surface area (Å²) in [7, 11) is 0. The van der Waals surface area contributed by atoms with E-state index in [0.717, 1.165) is 0 Å². The quantitative estimate of drug-likeness (QED) is 0.302. The Labute approximate surface area is 158 Å². The summed E-state index contributed by atoms with van der Waals surface area (Å²) in [4.78, 5) is 10.3. The molecule has 0 atom stereocenters. The first-order valence-electron chi connectivity index (χ1n) is 7.92. The maximum atomic E-state index is 15.1. The van der Waals surface area contributed by atoms with Crippen molar-refractivity contribution in [2.75, 3.05) is 11.7 Å². The summed E-state index contributed by atoms with van der Waals surface area (Å²) in [5.41, 5.74) is -0.0723. The fourth-order valence-electron chi connectivity index (χ4n) is 2.18. The van der Waals surface area contributed by atoms with Crippen LogP contribution in [0.2, 0.25) is 0 Å². The number of aromatic hydroxyl groups is 1. The third-order valence-electron chi connectivity index (χ3n) is 3.36. The Morgan fingerprint density at radius 1 is 1.14 bits per heavy atom. The van der Waals surface area contributed by atoms with Crippen molar-refractivity contribution < 1.29 is 32.3 Å². The van der Waals surface area contributed by atoms with E-state index in [1.807, 2.05) is 0 Å². The van der Waals surface area contributed by atoms with Gasteiger partial charge >= 0.3 is 6.18 Å². The van der Waals surface area contributed by atoms with E-state index in [2.05, 4.69) is 5.32 Å². The molecule has 28 heavy (non-hydrogen) atoms. The minimum atomic E-state index is -4.56. The standard InChI is InChI=1S/C19H16F4N2O3/c20-19(21,22)12-28-18-6-2-1-4-16(18)17(5-3-11-24-13-26)25(23)14-7-9-15(27)10-8-14/h1-11,13,27H,12H2,(H,24,26)/b11-3-,17-5+. The highest BCUT2D eigenvalue weighted by Crippen LogP contribution is 2.34. The first kappa shape index (κ1) is 20.8. The lowest BCUT2D eigenvalue weighted by Gasteiger charge is -2.20. The van der Waals surface area contributed by atoms with E-state index in [4.69, 9.17) is 4.74 Å². The predicted molar refractivity (Wildman–Crippen MR) is 96.0 cm³/mol. The number of carbonyl (C=O) groups is 1. The second-order valence-electron chi connectivity index (χ2n) is 5.39. The van der Waals surface area contributed by atoms with Crippen LogP contribution in [0.3, 0.4) is 0 Å². The molecule has 9 heteroatoms. The summed E-state index contributed by atoms with van der Waals surface area (Å²) in [6.45, 7) is -1.54. The Bertz CT molecular complexity index is 849. The van der Waals surface area contributed by atoms with E-state index >= 15 is 4.48 Å². The van der Waals surface area contributed by atoms with Crippen LogP contribution in [0.1, 0.15) is 5.56 Å². The molecule has 0 saturated carbocycles. The lowest BCUT2D eigenvalue weighted by molar-refractivity contribution is -0.153. The van der Waals surface area contributed by atoms with Gasteiger partial charge in [0.05, 0.1) is 11.4 Å². The van der Waals surface area contributed by atoms with Crippen molar-refractivity contribution in [3.8, 4) is 11.5 Å². The van der Waals surface area contributed by atoms with Crippen molar-refractivity contribution in [2.45, 2.75) is 6.18 Å². The number of rotatable bonds is 8. The van der Waals surface area contributed by atoms with Gasteiger partial charge in [0.2, 0.25) is 6.41 Å². The Kier molecular flexibility index (Phi) is 7.02. The predicted octanol–water partition coefficient (Wildman–Crippen LogP) is 4.33. The maximum absolute atomic E-state index is 15.1. The number of benzene rings is 2. The molecule has 5 nitrogen and oxygen atoms in total. The van der Waals surface area contributed by atoms with Crippen molar-refractivity contribution in [1.29, 1.82) is 0 Å². The number of hydrogen-bond acceptors (Lipinski definition) is 4. The smallest absolute Gasteiger partial charge is 0.422 e. The first-order valence-corrected chi connectivity index (χ1v) is 7.92. The Balaban J connectivity index is 2.44. The molecule has 2 aromatic carbocycles. The van der Waals surface area contributed by atoms with Gasteiger partial charge in [0.25, 0.3) is 0 Å². The topological polar surface area (TPSA) is 61.8 Å². The number of nitrogens with one attached hydrogen (secondary N) is 1. The van der Waals surface area contributed by atoms with Crippen molar-refractivity contribution in [1.82, 2.24) is 5.32 Å². The molecule has 0 aromatic heterocycles. The zero-order chi connectivity index (χ0) is 20.6. The summed E-state index contributed by atoms with van der Waals surface area (Å²) in [5.74, 6) is -0.254. The minimum Gasteiger partial charge on any atom is -0.508 e. The molecule has 1 amide bonds. The van der Waals surface area contributed by atoms with Gasteiger partial charge in [-0.05, 0) is 48.6 Å². The van der Waals surface area contributed by atoms with Gasteiger partial charge < -0.3 is 15.2 Å². The molecule has 148 valence electrons. The van der Waals surface area contributed by atoms with E-state index in [1.54, 1.807) is 0 Å². The van der Waals surface area contributed by atoms with Crippen LogP contribution in [0.25, 0.3) is 5.70 Å². The van der Waals surface area contributed by atoms with Crippen molar-refractivity contribution in [2.24, 2.45) is 0 Å². The summed E-state index contributed by atoms with van der Waals surface area (Å²) in [6, 6.07) is 10.7. The molecule has 0 aliphatic carbocycles. The van der Waals surface area contributed by atoms with Crippen LogP contribution in [0.15, 0.2) is 66.9 Å². The molecular weight excluding hydrogens is 380 g/mol. The Morgan fingerprint density at radius 2 is 1.82 bits per heavy atom. The number of hydrogen-bond donors (Lipinski definition) is 2. The number of allylic oxidation sites excluding steroid dienone is 2. The molecule has 0 fully saturated rings. The maximum Gasteiger partial charge on any atom is 0.422 e. The number of anilines is 1. The van der Waals surface area contributed by atoms with Crippen LogP contribution in [-0.2, 0) is 4.79 Å². The van der Waals surface area contributed by atoms with Gasteiger partial charge in [-0.15, -0.1) is 0 Å². The van der Waals surface area contributed by atoms with Crippen LogP contribution < -0.4 is 15.2 Å². The molecule has 0 aliphatic rings. The highest BCUT2D eigenvalue weighted by atomic mass is 19.4. The lowest BCUT2D eigenvalue weighted by Crippen LogP contribution is -2.20. The van der Waals surface area contributed by atoms with Crippen LogP contribution in [0.4, 0.5) is 23.3 Å². The zero-order valence-corrected chi connectivity index (χ0v) is 14.4. The summed E-state index contributed by atoms with van der Waals surface area (Å²) < 4.78 is 57.5. The SMILES string of the molecule is O=CN/C=C\C=C(/c1ccccc1OCC(F)(F)F)N(F)c1ccc(O)cc1. The fourth-order valence-corrected chi connectivity index (χ4v) is 2.18.